The van der Waals surface area contributed by atoms with Gasteiger partial charge in [0.2, 0.25) is 5.91 Å². The second-order valence-electron chi connectivity index (χ2n) is 8.79. The number of benzene rings is 2. The summed E-state index contributed by atoms with van der Waals surface area (Å²) in [6.07, 6.45) is 1.08. The molecule has 0 unspecified atom stereocenters. The first-order valence-corrected chi connectivity index (χ1v) is 11.9. The van der Waals surface area contributed by atoms with Gasteiger partial charge < -0.3 is 14.9 Å². The maximum absolute atomic E-state index is 12.8. The van der Waals surface area contributed by atoms with Crippen LogP contribution in [0.4, 0.5) is 0 Å². The number of hydrogen-bond donors (Lipinski definition) is 1. The molecular formula is C25H33ClN4O2. The van der Waals surface area contributed by atoms with Crippen LogP contribution < -0.4 is 0 Å². The largest absolute Gasteiger partial charge is 0.508 e. The third-order valence-electron chi connectivity index (χ3n) is 6.54. The summed E-state index contributed by atoms with van der Waals surface area (Å²) in [7, 11) is 0. The number of carbonyl (C=O) groups excluding carboxylic acids is 1. The summed E-state index contributed by atoms with van der Waals surface area (Å²) in [6, 6.07) is 15.8. The molecule has 2 aromatic carbocycles. The van der Waals surface area contributed by atoms with Crippen LogP contribution in [0.15, 0.2) is 48.5 Å². The molecule has 2 aliphatic rings. The van der Waals surface area contributed by atoms with Crippen LogP contribution in [-0.4, -0.2) is 96.1 Å². The zero-order valence-corrected chi connectivity index (χ0v) is 19.4. The van der Waals surface area contributed by atoms with E-state index < -0.39 is 0 Å². The number of halogens is 1. The van der Waals surface area contributed by atoms with E-state index >= 15 is 0 Å². The van der Waals surface area contributed by atoms with Crippen LogP contribution in [0.2, 0.25) is 5.02 Å². The minimum Gasteiger partial charge on any atom is -0.508 e. The zero-order chi connectivity index (χ0) is 22.3. The number of phenols is 1. The van der Waals surface area contributed by atoms with Gasteiger partial charge in [-0.2, -0.15) is 0 Å². The topological polar surface area (TPSA) is 50.3 Å². The summed E-state index contributed by atoms with van der Waals surface area (Å²) in [5, 5.41) is 10.1. The van der Waals surface area contributed by atoms with Crippen LogP contribution in [0.3, 0.4) is 0 Å². The Kier molecular flexibility index (Phi) is 8.03. The summed E-state index contributed by atoms with van der Waals surface area (Å²) < 4.78 is 0. The number of aromatic hydroxyl groups is 1. The minimum atomic E-state index is 0.186. The third-order valence-corrected chi connectivity index (χ3v) is 6.89. The number of amides is 1. The minimum absolute atomic E-state index is 0.186. The van der Waals surface area contributed by atoms with E-state index in [0.717, 1.165) is 77.4 Å². The molecule has 32 heavy (non-hydrogen) atoms. The van der Waals surface area contributed by atoms with E-state index in [1.165, 1.54) is 5.56 Å². The van der Waals surface area contributed by atoms with Gasteiger partial charge >= 0.3 is 0 Å². The second-order valence-corrected chi connectivity index (χ2v) is 9.19. The third kappa shape index (κ3) is 6.45. The van der Waals surface area contributed by atoms with Crippen molar-refractivity contribution in [2.45, 2.75) is 13.0 Å². The van der Waals surface area contributed by atoms with E-state index in [1.807, 2.05) is 11.0 Å². The molecule has 0 spiro atoms. The molecule has 2 aliphatic heterocycles. The van der Waals surface area contributed by atoms with E-state index in [1.54, 1.807) is 12.1 Å². The molecule has 2 fully saturated rings. The molecule has 7 heteroatoms. The number of carbonyl (C=O) groups is 1. The summed E-state index contributed by atoms with van der Waals surface area (Å²) >= 11 is 6.24. The average molecular weight is 457 g/mol. The van der Waals surface area contributed by atoms with Gasteiger partial charge in [-0.15, -0.1) is 0 Å². The SMILES string of the molecule is O=C(CN1CCN(CCc2ccccc2)CC1)N1CCN(Cc2ccc(O)cc2Cl)CC1. The smallest absolute Gasteiger partial charge is 0.236 e. The summed E-state index contributed by atoms with van der Waals surface area (Å²) in [4.78, 5) is 21.9. The van der Waals surface area contributed by atoms with Gasteiger partial charge in [0.1, 0.15) is 5.75 Å². The molecule has 0 radical (unpaired) electrons. The van der Waals surface area contributed by atoms with Crippen LogP contribution in [0, 0.1) is 0 Å². The molecular weight excluding hydrogens is 424 g/mol. The van der Waals surface area contributed by atoms with Crippen LogP contribution >= 0.6 is 11.6 Å². The molecule has 0 saturated carbocycles. The Balaban J connectivity index is 1.15. The van der Waals surface area contributed by atoms with Crippen LogP contribution in [0.25, 0.3) is 0 Å². The number of nitrogens with zero attached hydrogens (tertiary/aromatic N) is 4. The maximum Gasteiger partial charge on any atom is 0.236 e. The van der Waals surface area contributed by atoms with E-state index in [9.17, 15) is 9.90 Å². The van der Waals surface area contributed by atoms with E-state index in [0.29, 0.717) is 11.6 Å². The number of phenolic OH excluding ortho intramolecular Hbond substituents is 1. The molecule has 4 rings (SSSR count). The lowest BCUT2D eigenvalue weighted by Crippen LogP contribution is -2.53. The molecule has 0 aromatic heterocycles. The fourth-order valence-electron chi connectivity index (χ4n) is 4.45. The predicted molar refractivity (Wildman–Crippen MR) is 128 cm³/mol. The van der Waals surface area contributed by atoms with Crippen molar-refractivity contribution < 1.29 is 9.90 Å². The molecule has 6 nitrogen and oxygen atoms in total. The Morgan fingerprint density at radius 3 is 2.19 bits per heavy atom. The van der Waals surface area contributed by atoms with E-state index in [-0.39, 0.29) is 11.7 Å². The molecule has 2 saturated heterocycles. The number of piperazine rings is 2. The molecule has 0 bridgehead atoms. The predicted octanol–water partition coefficient (Wildman–Crippen LogP) is 2.55. The second kappa shape index (κ2) is 11.1. The van der Waals surface area contributed by atoms with E-state index in [4.69, 9.17) is 11.6 Å². The lowest BCUT2D eigenvalue weighted by atomic mass is 10.1. The average Bonchev–Trinajstić information content (AvgIpc) is 2.81. The fourth-order valence-corrected chi connectivity index (χ4v) is 4.69. The maximum atomic E-state index is 12.8. The highest BCUT2D eigenvalue weighted by molar-refractivity contribution is 6.31. The van der Waals surface area contributed by atoms with Gasteiger partial charge in [-0.3, -0.25) is 14.6 Å². The summed E-state index contributed by atoms with van der Waals surface area (Å²) in [6.45, 7) is 9.52. The van der Waals surface area contributed by atoms with E-state index in [2.05, 4.69) is 45.0 Å². The first-order chi connectivity index (χ1) is 15.6. The quantitative estimate of drug-likeness (QED) is 0.694. The first-order valence-electron chi connectivity index (χ1n) is 11.5. The normalized spacial score (nSPS) is 18.7. The first kappa shape index (κ1) is 23.1. The monoisotopic (exact) mass is 456 g/mol. The highest BCUT2D eigenvalue weighted by Gasteiger charge is 2.25. The highest BCUT2D eigenvalue weighted by atomic mass is 35.5. The van der Waals surface area contributed by atoms with Crippen molar-refractivity contribution in [1.29, 1.82) is 0 Å². The van der Waals surface area contributed by atoms with Gasteiger partial charge in [-0.25, -0.2) is 0 Å². The van der Waals surface area contributed by atoms with Crippen LogP contribution in [-0.2, 0) is 17.8 Å². The van der Waals surface area contributed by atoms with Crippen LogP contribution in [0.1, 0.15) is 11.1 Å². The fraction of sp³-hybridized carbons (Fsp3) is 0.480. The Bertz CT molecular complexity index is 879. The molecule has 1 N–H and O–H groups in total. The van der Waals surface area contributed by atoms with Gasteiger partial charge in [-0.1, -0.05) is 48.0 Å². The van der Waals surface area contributed by atoms with Gasteiger partial charge in [0, 0.05) is 70.5 Å². The van der Waals surface area contributed by atoms with Gasteiger partial charge in [0.25, 0.3) is 0 Å². The standard InChI is InChI=1S/C25H33ClN4O2/c26-24-18-23(31)7-6-22(24)19-28-14-16-30(17-15-28)25(32)20-29-12-10-27(11-13-29)9-8-21-4-2-1-3-5-21/h1-7,18,31H,8-17,19-20H2. The molecule has 2 aromatic rings. The number of rotatable bonds is 7. The van der Waals surface area contributed by atoms with Gasteiger partial charge in [0.05, 0.1) is 6.54 Å². The molecule has 1 amide bonds. The Labute approximate surface area is 196 Å². The van der Waals surface area contributed by atoms with Crippen molar-refractivity contribution in [3.8, 4) is 5.75 Å². The lowest BCUT2D eigenvalue weighted by Gasteiger charge is -2.38. The number of hydrogen-bond acceptors (Lipinski definition) is 5. The van der Waals surface area contributed by atoms with Crippen molar-refractivity contribution in [2.75, 3.05) is 65.4 Å². The lowest BCUT2D eigenvalue weighted by molar-refractivity contribution is -0.134. The molecule has 172 valence electrons. The van der Waals surface area contributed by atoms with Gasteiger partial charge in [-0.05, 0) is 29.7 Å². The van der Waals surface area contributed by atoms with Crippen molar-refractivity contribution in [1.82, 2.24) is 19.6 Å². The highest BCUT2D eigenvalue weighted by Crippen LogP contribution is 2.23. The van der Waals surface area contributed by atoms with Gasteiger partial charge in [0.15, 0.2) is 0 Å². The Morgan fingerprint density at radius 2 is 1.50 bits per heavy atom. The van der Waals surface area contributed by atoms with Crippen molar-refractivity contribution in [3.05, 3.63) is 64.7 Å². The Morgan fingerprint density at radius 1 is 0.844 bits per heavy atom. The van der Waals surface area contributed by atoms with Crippen molar-refractivity contribution in [3.63, 3.8) is 0 Å². The Hall–Kier alpha value is -2.12. The molecule has 2 heterocycles. The molecule has 0 atom stereocenters. The van der Waals surface area contributed by atoms with Crippen molar-refractivity contribution >= 4 is 17.5 Å². The zero-order valence-electron chi connectivity index (χ0n) is 18.6. The van der Waals surface area contributed by atoms with Crippen molar-refractivity contribution in [2.24, 2.45) is 0 Å². The molecule has 0 aliphatic carbocycles. The summed E-state index contributed by atoms with van der Waals surface area (Å²) in [5.74, 6) is 0.427. The summed E-state index contributed by atoms with van der Waals surface area (Å²) in [5.41, 5.74) is 2.39. The van der Waals surface area contributed by atoms with Crippen LogP contribution in [0.5, 0.6) is 5.75 Å².